The molecule has 6 heteroatoms. The van der Waals surface area contributed by atoms with Crippen molar-refractivity contribution in [3.05, 3.63) is 34.9 Å². The van der Waals surface area contributed by atoms with Crippen molar-refractivity contribution in [2.75, 3.05) is 0 Å². The molecule has 0 aromatic heterocycles. The van der Waals surface area contributed by atoms with Gasteiger partial charge in [0, 0.05) is 0 Å². The van der Waals surface area contributed by atoms with Crippen LogP contribution in [0.1, 0.15) is 16.7 Å². The minimum atomic E-state index is -4.39. The molecule has 0 saturated carbocycles. The fraction of sp³-hybridized carbons (Fsp3) is 0.364. The monoisotopic (exact) mass is 247 g/mol. The van der Waals surface area contributed by atoms with Crippen LogP contribution in [-0.2, 0) is 17.4 Å². The van der Waals surface area contributed by atoms with E-state index in [9.17, 15) is 18.0 Å². The Labute approximate surface area is 96.0 Å². The second kappa shape index (κ2) is 4.75. The number of aliphatic carboxylic acids is 1. The van der Waals surface area contributed by atoms with Gasteiger partial charge in [0.2, 0.25) is 0 Å². The lowest BCUT2D eigenvalue weighted by molar-refractivity contribution is -0.139. The maximum Gasteiger partial charge on any atom is 0.416 e. The smallest absolute Gasteiger partial charge is 0.416 e. The summed E-state index contributed by atoms with van der Waals surface area (Å²) in [5.41, 5.74) is 5.46. The molecule has 0 saturated heterocycles. The van der Waals surface area contributed by atoms with Gasteiger partial charge in [-0.05, 0) is 36.6 Å². The molecule has 1 unspecified atom stereocenters. The summed E-state index contributed by atoms with van der Waals surface area (Å²) in [5.74, 6) is -1.18. The Bertz CT molecular complexity index is 429. The number of nitrogens with two attached hydrogens (primary N) is 1. The normalized spacial score (nSPS) is 13.5. The first-order chi connectivity index (χ1) is 7.71. The summed E-state index contributed by atoms with van der Waals surface area (Å²) in [5, 5.41) is 8.61. The van der Waals surface area contributed by atoms with E-state index in [0.717, 1.165) is 12.1 Å². The van der Waals surface area contributed by atoms with Gasteiger partial charge in [0.25, 0.3) is 0 Å². The number of carboxylic acid groups (broad SMARTS) is 1. The summed E-state index contributed by atoms with van der Waals surface area (Å²) in [7, 11) is 0. The van der Waals surface area contributed by atoms with Gasteiger partial charge in [0.15, 0.2) is 0 Å². The number of alkyl halides is 3. The van der Waals surface area contributed by atoms with Crippen molar-refractivity contribution in [2.45, 2.75) is 25.6 Å². The van der Waals surface area contributed by atoms with E-state index in [1.807, 2.05) is 0 Å². The highest BCUT2D eigenvalue weighted by atomic mass is 19.4. The predicted octanol–water partition coefficient (Wildman–Crippen LogP) is 1.97. The second-order valence-electron chi connectivity index (χ2n) is 3.79. The first-order valence-electron chi connectivity index (χ1n) is 4.87. The van der Waals surface area contributed by atoms with Gasteiger partial charge in [-0.1, -0.05) is 6.07 Å². The van der Waals surface area contributed by atoms with E-state index >= 15 is 0 Å². The summed E-state index contributed by atoms with van der Waals surface area (Å²) >= 11 is 0. The SMILES string of the molecule is Cc1cc(C(F)(F)F)ccc1CC(N)C(=O)O. The maximum absolute atomic E-state index is 12.4. The fourth-order valence-corrected chi connectivity index (χ4v) is 1.43. The van der Waals surface area contributed by atoms with Crippen molar-refractivity contribution in [1.29, 1.82) is 0 Å². The van der Waals surface area contributed by atoms with Crippen LogP contribution in [0, 0.1) is 6.92 Å². The molecule has 1 aromatic carbocycles. The molecule has 0 radical (unpaired) electrons. The van der Waals surface area contributed by atoms with Crippen LogP contribution in [-0.4, -0.2) is 17.1 Å². The number of carboxylic acids is 1. The molecule has 0 aliphatic carbocycles. The van der Waals surface area contributed by atoms with Crippen LogP contribution in [0.5, 0.6) is 0 Å². The highest BCUT2D eigenvalue weighted by Crippen LogP contribution is 2.30. The summed E-state index contributed by atoms with van der Waals surface area (Å²) in [6.45, 7) is 1.50. The summed E-state index contributed by atoms with van der Waals surface area (Å²) in [4.78, 5) is 10.5. The lowest BCUT2D eigenvalue weighted by Crippen LogP contribution is -2.32. The molecule has 1 rings (SSSR count). The number of rotatable bonds is 3. The predicted molar refractivity (Wildman–Crippen MR) is 55.5 cm³/mol. The first kappa shape index (κ1) is 13.5. The molecule has 0 aliphatic rings. The Hall–Kier alpha value is -1.56. The van der Waals surface area contributed by atoms with Crippen LogP contribution < -0.4 is 5.73 Å². The number of halogens is 3. The van der Waals surface area contributed by atoms with E-state index in [4.69, 9.17) is 10.8 Å². The molecule has 1 atom stereocenters. The number of hydrogen-bond donors (Lipinski definition) is 2. The Kier molecular flexibility index (Phi) is 3.77. The zero-order valence-electron chi connectivity index (χ0n) is 9.08. The van der Waals surface area contributed by atoms with E-state index in [2.05, 4.69) is 0 Å². The lowest BCUT2D eigenvalue weighted by Gasteiger charge is -2.12. The molecule has 3 nitrogen and oxygen atoms in total. The molecule has 1 aromatic rings. The minimum Gasteiger partial charge on any atom is -0.480 e. The fourth-order valence-electron chi connectivity index (χ4n) is 1.43. The topological polar surface area (TPSA) is 63.3 Å². The largest absolute Gasteiger partial charge is 0.480 e. The zero-order valence-corrected chi connectivity index (χ0v) is 9.08. The van der Waals surface area contributed by atoms with Crippen molar-refractivity contribution < 1.29 is 23.1 Å². The van der Waals surface area contributed by atoms with Crippen molar-refractivity contribution >= 4 is 5.97 Å². The van der Waals surface area contributed by atoms with Crippen LogP contribution in [0.3, 0.4) is 0 Å². The van der Waals surface area contributed by atoms with E-state index in [1.165, 1.54) is 13.0 Å². The maximum atomic E-state index is 12.4. The Balaban J connectivity index is 2.95. The van der Waals surface area contributed by atoms with E-state index in [1.54, 1.807) is 0 Å². The zero-order chi connectivity index (χ0) is 13.2. The van der Waals surface area contributed by atoms with Crippen molar-refractivity contribution in [2.24, 2.45) is 5.73 Å². The molecule has 0 heterocycles. The average Bonchev–Trinajstić information content (AvgIpc) is 2.19. The van der Waals surface area contributed by atoms with Crippen LogP contribution in [0.4, 0.5) is 13.2 Å². The molecule has 94 valence electrons. The highest BCUT2D eigenvalue weighted by molar-refractivity contribution is 5.73. The van der Waals surface area contributed by atoms with Crippen LogP contribution in [0.25, 0.3) is 0 Å². The minimum absolute atomic E-state index is 0.0132. The standard InChI is InChI=1S/C11H12F3NO2/c1-6-4-8(11(12,13)14)3-2-7(6)5-9(15)10(16)17/h2-4,9H,5,15H2,1H3,(H,16,17). The van der Waals surface area contributed by atoms with Gasteiger partial charge < -0.3 is 10.8 Å². The van der Waals surface area contributed by atoms with Crippen molar-refractivity contribution in [1.82, 2.24) is 0 Å². The Morgan fingerprint density at radius 3 is 2.47 bits per heavy atom. The van der Waals surface area contributed by atoms with Crippen LogP contribution in [0.2, 0.25) is 0 Å². The van der Waals surface area contributed by atoms with E-state index < -0.39 is 23.8 Å². The lowest BCUT2D eigenvalue weighted by atomic mass is 9.99. The van der Waals surface area contributed by atoms with Gasteiger partial charge in [-0.25, -0.2) is 0 Å². The summed E-state index contributed by atoms with van der Waals surface area (Å²) in [6, 6.07) is 2.08. The molecule has 17 heavy (non-hydrogen) atoms. The van der Waals surface area contributed by atoms with Crippen LogP contribution >= 0.6 is 0 Å². The molecule has 0 bridgehead atoms. The highest BCUT2D eigenvalue weighted by Gasteiger charge is 2.30. The van der Waals surface area contributed by atoms with E-state index in [0.29, 0.717) is 11.1 Å². The third-order valence-electron chi connectivity index (χ3n) is 2.43. The number of aryl methyl sites for hydroxylation is 1. The molecular weight excluding hydrogens is 235 g/mol. The Morgan fingerprint density at radius 1 is 1.47 bits per heavy atom. The van der Waals surface area contributed by atoms with Gasteiger partial charge >= 0.3 is 12.1 Å². The number of hydrogen-bond acceptors (Lipinski definition) is 2. The molecular formula is C11H12F3NO2. The van der Waals surface area contributed by atoms with Crippen molar-refractivity contribution in [3.63, 3.8) is 0 Å². The number of carbonyl (C=O) groups is 1. The van der Waals surface area contributed by atoms with Crippen molar-refractivity contribution in [3.8, 4) is 0 Å². The quantitative estimate of drug-likeness (QED) is 0.858. The average molecular weight is 247 g/mol. The first-order valence-corrected chi connectivity index (χ1v) is 4.87. The summed E-state index contributed by atoms with van der Waals surface area (Å²) in [6.07, 6.45) is -4.38. The third-order valence-corrected chi connectivity index (χ3v) is 2.43. The van der Waals surface area contributed by atoms with Gasteiger partial charge in [0.1, 0.15) is 6.04 Å². The van der Waals surface area contributed by atoms with Crippen LogP contribution in [0.15, 0.2) is 18.2 Å². The van der Waals surface area contributed by atoms with Gasteiger partial charge in [-0.3, -0.25) is 4.79 Å². The Morgan fingerprint density at radius 2 is 2.06 bits per heavy atom. The molecule has 3 N–H and O–H groups in total. The molecule has 0 fully saturated rings. The molecule has 0 amide bonds. The van der Waals surface area contributed by atoms with Gasteiger partial charge in [-0.2, -0.15) is 13.2 Å². The third kappa shape index (κ3) is 3.45. The van der Waals surface area contributed by atoms with E-state index in [-0.39, 0.29) is 6.42 Å². The molecule has 0 aliphatic heterocycles. The second-order valence-corrected chi connectivity index (χ2v) is 3.79. The molecule has 0 spiro atoms. The summed E-state index contributed by atoms with van der Waals surface area (Å²) < 4.78 is 37.1. The van der Waals surface area contributed by atoms with Gasteiger partial charge in [-0.15, -0.1) is 0 Å². The van der Waals surface area contributed by atoms with Gasteiger partial charge in [0.05, 0.1) is 5.56 Å². The number of benzene rings is 1.